The van der Waals surface area contributed by atoms with E-state index in [2.05, 4.69) is 28.7 Å². The van der Waals surface area contributed by atoms with Crippen LogP contribution in [-0.4, -0.2) is 29.6 Å². The zero-order chi connectivity index (χ0) is 21.9. The molecule has 0 spiro atoms. The fourth-order valence-corrected chi connectivity index (χ4v) is 4.50. The van der Waals surface area contributed by atoms with Gasteiger partial charge in [-0.1, -0.05) is 49.9 Å². The highest BCUT2D eigenvalue weighted by atomic mass is 32.2. The summed E-state index contributed by atoms with van der Waals surface area (Å²) in [6, 6.07) is 13.9. The molecule has 0 fully saturated rings. The number of amides is 1. The van der Waals surface area contributed by atoms with Crippen molar-refractivity contribution in [3.63, 3.8) is 0 Å². The van der Waals surface area contributed by atoms with E-state index in [1.54, 1.807) is 12.1 Å². The van der Waals surface area contributed by atoms with E-state index >= 15 is 0 Å². The van der Waals surface area contributed by atoms with Crippen molar-refractivity contribution in [1.29, 1.82) is 0 Å². The third-order valence-corrected chi connectivity index (χ3v) is 6.49. The van der Waals surface area contributed by atoms with Crippen molar-refractivity contribution in [2.75, 3.05) is 5.75 Å². The topological polar surface area (TPSA) is 107 Å². The van der Waals surface area contributed by atoms with Crippen molar-refractivity contribution in [2.45, 2.75) is 43.4 Å². The fourth-order valence-electron chi connectivity index (χ4n) is 3.15. The summed E-state index contributed by atoms with van der Waals surface area (Å²) < 4.78 is 24.9. The number of carbonyl (C=O) groups is 1. The van der Waals surface area contributed by atoms with Crippen molar-refractivity contribution < 1.29 is 13.2 Å². The van der Waals surface area contributed by atoms with Crippen molar-refractivity contribution in [3.8, 4) is 0 Å². The highest BCUT2D eigenvalue weighted by molar-refractivity contribution is 7.99. The molecule has 1 unspecified atom stereocenters. The van der Waals surface area contributed by atoms with E-state index in [9.17, 15) is 13.2 Å². The normalized spacial score (nSPS) is 13.0. The molecular weight excluding hydrogens is 420 g/mol. The zero-order valence-corrected chi connectivity index (χ0v) is 18.8. The van der Waals surface area contributed by atoms with E-state index in [0.29, 0.717) is 5.92 Å². The summed E-state index contributed by atoms with van der Waals surface area (Å²) in [7, 11) is -3.73. The Kier molecular flexibility index (Phi) is 6.84. The standard InChI is InChI=1S/C21H26N4O3S2/c1-14(2)12-25-19-7-5-4-6-18(19)24-21(25)29-13-20(26)23-15(3)16-8-10-17(11-9-16)30(22,27)28/h4-11,14-15H,12-13H2,1-3H3,(H,23,26)(H2,22,27,28). The van der Waals surface area contributed by atoms with Gasteiger partial charge in [0.2, 0.25) is 15.9 Å². The second-order valence-electron chi connectivity index (χ2n) is 7.58. The number of fused-ring (bicyclic) bond motifs is 1. The predicted molar refractivity (Wildman–Crippen MR) is 120 cm³/mol. The van der Waals surface area contributed by atoms with Crippen LogP contribution in [0.2, 0.25) is 0 Å². The lowest BCUT2D eigenvalue weighted by molar-refractivity contribution is -0.119. The number of para-hydroxylation sites is 2. The molecular formula is C21H26N4O3S2. The Balaban J connectivity index is 1.66. The highest BCUT2D eigenvalue weighted by Crippen LogP contribution is 2.25. The number of aromatic nitrogens is 2. The smallest absolute Gasteiger partial charge is 0.238 e. The molecule has 2 aromatic carbocycles. The second-order valence-corrected chi connectivity index (χ2v) is 10.1. The summed E-state index contributed by atoms with van der Waals surface area (Å²) in [5.74, 6) is 0.573. The van der Waals surface area contributed by atoms with Crippen LogP contribution in [0.1, 0.15) is 32.4 Å². The average molecular weight is 447 g/mol. The number of hydrogen-bond donors (Lipinski definition) is 2. The van der Waals surface area contributed by atoms with Gasteiger partial charge in [-0.25, -0.2) is 18.5 Å². The lowest BCUT2D eigenvalue weighted by atomic mass is 10.1. The Bertz CT molecular complexity index is 1140. The molecule has 1 aromatic heterocycles. The first-order valence-electron chi connectivity index (χ1n) is 9.65. The van der Waals surface area contributed by atoms with Gasteiger partial charge in [0.05, 0.1) is 27.7 Å². The Hall–Kier alpha value is -2.36. The van der Waals surface area contributed by atoms with Gasteiger partial charge in [-0.2, -0.15) is 0 Å². The zero-order valence-electron chi connectivity index (χ0n) is 17.2. The molecule has 0 aliphatic heterocycles. The molecule has 0 aliphatic carbocycles. The van der Waals surface area contributed by atoms with E-state index in [4.69, 9.17) is 5.14 Å². The van der Waals surface area contributed by atoms with Gasteiger partial charge in [-0.15, -0.1) is 0 Å². The third kappa shape index (κ3) is 5.41. The first-order valence-corrected chi connectivity index (χ1v) is 12.2. The highest BCUT2D eigenvalue weighted by Gasteiger charge is 2.16. The van der Waals surface area contributed by atoms with Gasteiger partial charge in [0.15, 0.2) is 5.16 Å². The maximum Gasteiger partial charge on any atom is 0.238 e. The van der Waals surface area contributed by atoms with E-state index < -0.39 is 10.0 Å². The minimum Gasteiger partial charge on any atom is -0.349 e. The van der Waals surface area contributed by atoms with Gasteiger partial charge in [0.1, 0.15) is 0 Å². The van der Waals surface area contributed by atoms with Crippen LogP contribution in [-0.2, 0) is 21.4 Å². The molecule has 0 bridgehead atoms. The molecule has 1 amide bonds. The molecule has 30 heavy (non-hydrogen) atoms. The number of rotatable bonds is 8. The van der Waals surface area contributed by atoms with Crippen LogP contribution >= 0.6 is 11.8 Å². The molecule has 1 atom stereocenters. The summed E-state index contributed by atoms with van der Waals surface area (Å²) in [6.07, 6.45) is 0. The number of sulfonamides is 1. The number of nitrogens with one attached hydrogen (secondary N) is 1. The summed E-state index contributed by atoms with van der Waals surface area (Å²) in [6.45, 7) is 6.98. The number of thioether (sulfide) groups is 1. The Morgan fingerprint density at radius 2 is 1.80 bits per heavy atom. The summed E-state index contributed by atoms with van der Waals surface area (Å²) in [5.41, 5.74) is 2.79. The Morgan fingerprint density at radius 1 is 1.13 bits per heavy atom. The van der Waals surface area contributed by atoms with Gasteiger partial charge in [-0.3, -0.25) is 4.79 Å². The van der Waals surface area contributed by atoms with E-state index in [1.165, 1.54) is 23.9 Å². The lowest BCUT2D eigenvalue weighted by Crippen LogP contribution is -2.28. The van der Waals surface area contributed by atoms with Gasteiger partial charge < -0.3 is 9.88 Å². The van der Waals surface area contributed by atoms with E-state index in [-0.39, 0.29) is 22.6 Å². The summed E-state index contributed by atoms with van der Waals surface area (Å²) in [5, 5.41) is 8.89. The number of imidazole rings is 1. The molecule has 0 aliphatic rings. The first kappa shape index (κ1) is 22.3. The molecule has 0 saturated carbocycles. The number of nitrogens with zero attached hydrogens (tertiary/aromatic N) is 2. The fraction of sp³-hybridized carbons (Fsp3) is 0.333. The molecule has 0 saturated heterocycles. The largest absolute Gasteiger partial charge is 0.349 e. The van der Waals surface area contributed by atoms with Crippen molar-refractivity contribution >= 4 is 38.7 Å². The van der Waals surface area contributed by atoms with Gasteiger partial charge >= 0.3 is 0 Å². The average Bonchev–Trinajstić information content (AvgIpc) is 3.03. The van der Waals surface area contributed by atoms with Crippen molar-refractivity contribution in [1.82, 2.24) is 14.9 Å². The van der Waals surface area contributed by atoms with E-state index in [0.717, 1.165) is 28.3 Å². The Labute approximate surface area is 181 Å². The molecule has 1 heterocycles. The molecule has 3 N–H and O–H groups in total. The van der Waals surface area contributed by atoms with Gasteiger partial charge in [0.25, 0.3) is 0 Å². The lowest BCUT2D eigenvalue weighted by Gasteiger charge is -2.15. The summed E-state index contributed by atoms with van der Waals surface area (Å²) >= 11 is 1.41. The summed E-state index contributed by atoms with van der Waals surface area (Å²) in [4.78, 5) is 17.2. The second kappa shape index (κ2) is 9.20. The van der Waals surface area contributed by atoms with Crippen LogP contribution in [0.4, 0.5) is 0 Å². The van der Waals surface area contributed by atoms with Crippen LogP contribution in [0, 0.1) is 5.92 Å². The molecule has 9 heteroatoms. The Morgan fingerprint density at radius 3 is 2.43 bits per heavy atom. The molecule has 0 radical (unpaired) electrons. The van der Waals surface area contributed by atoms with Crippen LogP contribution in [0.25, 0.3) is 11.0 Å². The van der Waals surface area contributed by atoms with Crippen LogP contribution in [0.3, 0.4) is 0 Å². The minimum absolute atomic E-state index is 0.0457. The number of hydrogen-bond acceptors (Lipinski definition) is 5. The first-order chi connectivity index (χ1) is 14.1. The number of benzene rings is 2. The monoisotopic (exact) mass is 446 g/mol. The van der Waals surface area contributed by atoms with Crippen molar-refractivity contribution in [2.24, 2.45) is 11.1 Å². The number of primary sulfonamides is 1. The van der Waals surface area contributed by atoms with Gasteiger partial charge in [-0.05, 0) is 42.7 Å². The molecule has 3 rings (SSSR count). The number of carbonyl (C=O) groups excluding carboxylic acids is 1. The van der Waals surface area contributed by atoms with Crippen LogP contribution in [0.15, 0.2) is 58.6 Å². The SMILES string of the molecule is CC(C)Cn1c(SCC(=O)NC(C)c2ccc(S(N)(=O)=O)cc2)nc2ccccc21. The van der Waals surface area contributed by atoms with Crippen molar-refractivity contribution in [3.05, 3.63) is 54.1 Å². The molecule has 160 valence electrons. The van der Waals surface area contributed by atoms with E-state index in [1.807, 2.05) is 31.2 Å². The molecule has 7 nitrogen and oxygen atoms in total. The maximum absolute atomic E-state index is 12.5. The minimum atomic E-state index is -3.73. The molecule has 3 aromatic rings. The van der Waals surface area contributed by atoms with Crippen LogP contribution in [0.5, 0.6) is 0 Å². The quantitative estimate of drug-likeness (QED) is 0.516. The third-order valence-electron chi connectivity index (χ3n) is 4.59. The maximum atomic E-state index is 12.5. The predicted octanol–water partition coefficient (Wildman–Crippen LogP) is 3.31. The number of nitrogens with two attached hydrogens (primary N) is 1. The van der Waals surface area contributed by atoms with Crippen LogP contribution < -0.4 is 10.5 Å². The van der Waals surface area contributed by atoms with Gasteiger partial charge in [0, 0.05) is 6.54 Å².